The lowest BCUT2D eigenvalue weighted by molar-refractivity contribution is 0.175. The average molecular weight is 269 g/mol. The molecule has 0 aliphatic heterocycles. The lowest BCUT2D eigenvalue weighted by atomic mass is 10.4. The smallest absolute Gasteiger partial charge is 0.250 e. The van der Waals surface area contributed by atoms with Crippen LogP contribution < -0.4 is 0 Å². The number of hydrogen-bond donors (Lipinski definition) is 0. The first-order chi connectivity index (χ1) is 6.11. The van der Waals surface area contributed by atoms with Crippen molar-refractivity contribution in [3.63, 3.8) is 0 Å². The molecule has 0 saturated heterocycles. The molecule has 0 heterocycles. The van der Waals surface area contributed by atoms with E-state index in [9.17, 15) is 13.0 Å². The van der Waals surface area contributed by atoms with Crippen molar-refractivity contribution in [1.82, 2.24) is 0 Å². The minimum Gasteiger partial charge on any atom is -0.254 e. The zero-order valence-corrected chi connectivity index (χ0v) is 8.95. The van der Waals surface area contributed by atoms with Crippen LogP contribution in [-0.2, 0) is 10.8 Å². The van der Waals surface area contributed by atoms with Crippen molar-refractivity contribution in [3.05, 3.63) is 28.7 Å². The van der Waals surface area contributed by atoms with Gasteiger partial charge in [-0.05, 0) is 28.1 Å². The molecule has 0 spiro atoms. The summed E-state index contributed by atoms with van der Waals surface area (Å²) in [4.78, 5) is 0.419. The molecule has 1 atom stereocenters. The highest BCUT2D eigenvalue weighted by Crippen LogP contribution is 2.20. The van der Waals surface area contributed by atoms with Crippen LogP contribution in [0.1, 0.15) is 0 Å². The molecule has 1 unspecified atom stereocenters. The molecule has 0 radical (unpaired) electrons. The Balaban J connectivity index is 2.83. The van der Waals surface area contributed by atoms with Gasteiger partial charge in [0.2, 0.25) is 6.43 Å². The van der Waals surface area contributed by atoms with Crippen LogP contribution in [0.15, 0.2) is 33.6 Å². The minimum atomic E-state index is -2.53. The standard InChI is InChI=1S/C8H7BrF2OS/c9-6-3-1-2-4-7(6)13(12)5-8(10)11/h1-4,8H,5H2. The van der Waals surface area contributed by atoms with Crippen molar-refractivity contribution in [1.29, 1.82) is 0 Å². The van der Waals surface area contributed by atoms with Gasteiger partial charge in [-0.2, -0.15) is 0 Å². The van der Waals surface area contributed by atoms with Gasteiger partial charge in [0.1, 0.15) is 0 Å². The Hall–Kier alpha value is -0.290. The molecule has 5 heteroatoms. The molecule has 0 aromatic heterocycles. The van der Waals surface area contributed by atoms with Crippen molar-refractivity contribution in [2.45, 2.75) is 11.3 Å². The molecule has 13 heavy (non-hydrogen) atoms. The Labute approximate surface area is 85.7 Å². The first-order valence-electron chi connectivity index (χ1n) is 3.52. The topological polar surface area (TPSA) is 17.1 Å². The number of halogens is 3. The molecule has 1 aromatic rings. The van der Waals surface area contributed by atoms with Gasteiger partial charge in [0, 0.05) is 4.47 Å². The number of benzene rings is 1. The summed E-state index contributed by atoms with van der Waals surface area (Å²) in [7, 11) is -1.62. The van der Waals surface area contributed by atoms with Crippen LogP contribution in [0.3, 0.4) is 0 Å². The van der Waals surface area contributed by atoms with Crippen molar-refractivity contribution in [2.75, 3.05) is 5.75 Å². The largest absolute Gasteiger partial charge is 0.254 e. The van der Waals surface area contributed by atoms with Crippen LogP contribution in [-0.4, -0.2) is 16.4 Å². The van der Waals surface area contributed by atoms with Gasteiger partial charge < -0.3 is 0 Å². The van der Waals surface area contributed by atoms with E-state index in [2.05, 4.69) is 15.9 Å². The van der Waals surface area contributed by atoms with E-state index in [-0.39, 0.29) is 0 Å². The molecule has 0 bridgehead atoms. The van der Waals surface area contributed by atoms with E-state index in [1.807, 2.05) is 0 Å². The maximum absolute atomic E-state index is 11.9. The first kappa shape index (κ1) is 10.8. The molecule has 0 aliphatic rings. The number of rotatable bonds is 3. The fraction of sp³-hybridized carbons (Fsp3) is 0.250. The van der Waals surface area contributed by atoms with Gasteiger partial charge in [-0.15, -0.1) is 0 Å². The molecule has 0 saturated carbocycles. The van der Waals surface area contributed by atoms with E-state index in [0.29, 0.717) is 9.37 Å². The summed E-state index contributed by atoms with van der Waals surface area (Å²) in [5.41, 5.74) is 0. The first-order valence-corrected chi connectivity index (χ1v) is 5.63. The van der Waals surface area contributed by atoms with Gasteiger partial charge in [0.15, 0.2) is 0 Å². The predicted molar refractivity (Wildman–Crippen MR) is 51.4 cm³/mol. The van der Waals surface area contributed by atoms with Crippen molar-refractivity contribution >= 4 is 26.7 Å². The van der Waals surface area contributed by atoms with E-state index in [0.717, 1.165) is 0 Å². The van der Waals surface area contributed by atoms with E-state index in [1.54, 1.807) is 24.3 Å². The Morgan fingerprint density at radius 3 is 2.54 bits per heavy atom. The lowest BCUT2D eigenvalue weighted by Crippen LogP contribution is -2.07. The summed E-state index contributed by atoms with van der Waals surface area (Å²) >= 11 is 3.15. The second-order valence-corrected chi connectivity index (χ2v) is 4.65. The zero-order valence-electron chi connectivity index (χ0n) is 6.54. The van der Waals surface area contributed by atoms with Gasteiger partial charge in [0.25, 0.3) is 0 Å². The van der Waals surface area contributed by atoms with E-state index < -0.39 is 23.0 Å². The van der Waals surface area contributed by atoms with Gasteiger partial charge >= 0.3 is 0 Å². The third-order valence-corrected chi connectivity index (χ3v) is 3.71. The monoisotopic (exact) mass is 268 g/mol. The molecular formula is C8H7BrF2OS. The van der Waals surface area contributed by atoms with Gasteiger partial charge in [-0.3, -0.25) is 4.21 Å². The maximum atomic E-state index is 11.9. The summed E-state index contributed by atoms with van der Waals surface area (Å²) in [5, 5.41) is 0. The predicted octanol–water partition coefficient (Wildman–Crippen LogP) is 2.82. The fourth-order valence-corrected chi connectivity index (χ4v) is 2.58. The average Bonchev–Trinajstić information content (AvgIpc) is 2.03. The van der Waals surface area contributed by atoms with Crippen molar-refractivity contribution < 1.29 is 13.0 Å². The molecule has 1 aromatic carbocycles. The normalized spacial score (nSPS) is 13.2. The second-order valence-electron chi connectivity index (χ2n) is 2.33. The van der Waals surface area contributed by atoms with Crippen molar-refractivity contribution in [3.8, 4) is 0 Å². The summed E-state index contributed by atoms with van der Waals surface area (Å²) in [6.07, 6.45) is -2.53. The fourth-order valence-electron chi connectivity index (χ4n) is 0.834. The van der Waals surface area contributed by atoms with Crippen LogP contribution in [0, 0.1) is 0 Å². The molecule has 0 fully saturated rings. The van der Waals surface area contributed by atoms with Crippen LogP contribution in [0.4, 0.5) is 8.78 Å². The highest BCUT2D eigenvalue weighted by Gasteiger charge is 2.13. The van der Waals surface area contributed by atoms with Gasteiger partial charge in [-0.25, -0.2) is 8.78 Å². The van der Waals surface area contributed by atoms with Gasteiger partial charge in [0.05, 0.1) is 21.4 Å². The molecular weight excluding hydrogens is 262 g/mol. The third kappa shape index (κ3) is 3.15. The highest BCUT2D eigenvalue weighted by molar-refractivity contribution is 9.10. The van der Waals surface area contributed by atoms with Crippen LogP contribution in [0.5, 0.6) is 0 Å². The van der Waals surface area contributed by atoms with Crippen LogP contribution in [0.2, 0.25) is 0 Å². The van der Waals surface area contributed by atoms with Crippen molar-refractivity contribution in [2.24, 2.45) is 0 Å². The third-order valence-electron chi connectivity index (χ3n) is 1.36. The summed E-state index contributed by atoms with van der Waals surface area (Å²) in [6.45, 7) is 0. The molecule has 1 nitrogen and oxygen atoms in total. The molecule has 0 aliphatic carbocycles. The Bertz CT molecular complexity index is 317. The summed E-state index contributed by atoms with van der Waals surface area (Å²) in [5.74, 6) is -0.609. The quantitative estimate of drug-likeness (QED) is 0.824. The van der Waals surface area contributed by atoms with Crippen LogP contribution >= 0.6 is 15.9 Å². The Morgan fingerprint density at radius 1 is 1.38 bits per heavy atom. The molecule has 0 N–H and O–H groups in total. The maximum Gasteiger partial charge on any atom is 0.250 e. The van der Waals surface area contributed by atoms with E-state index in [4.69, 9.17) is 0 Å². The Kier molecular flexibility index (Phi) is 3.99. The zero-order chi connectivity index (χ0) is 9.84. The summed E-state index contributed by atoms with van der Waals surface area (Å²) < 4.78 is 35.7. The number of hydrogen-bond acceptors (Lipinski definition) is 1. The van der Waals surface area contributed by atoms with Crippen LogP contribution in [0.25, 0.3) is 0 Å². The lowest BCUT2D eigenvalue weighted by Gasteiger charge is -2.02. The van der Waals surface area contributed by atoms with E-state index in [1.165, 1.54) is 0 Å². The highest BCUT2D eigenvalue weighted by atomic mass is 79.9. The second kappa shape index (κ2) is 4.81. The Morgan fingerprint density at radius 2 is 2.00 bits per heavy atom. The number of alkyl halides is 2. The van der Waals surface area contributed by atoms with E-state index >= 15 is 0 Å². The summed E-state index contributed by atoms with van der Waals surface area (Å²) in [6, 6.07) is 6.66. The molecule has 72 valence electrons. The minimum absolute atomic E-state index is 0.419. The SMILES string of the molecule is O=S(CC(F)F)c1ccccc1Br. The molecule has 1 rings (SSSR count). The van der Waals surface area contributed by atoms with Gasteiger partial charge in [-0.1, -0.05) is 12.1 Å². The molecule has 0 amide bonds.